The van der Waals surface area contributed by atoms with E-state index >= 15 is 0 Å². The van der Waals surface area contributed by atoms with Gasteiger partial charge in [0, 0.05) is 30.7 Å². The van der Waals surface area contributed by atoms with E-state index in [1.54, 1.807) is 36.2 Å². The number of fused-ring (bicyclic) bond motifs is 1. The number of benzene rings is 1. The Morgan fingerprint density at radius 2 is 1.78 bits per heavy atom. The third-order valence-corrected chi connectivity index (χ3v) is 5.71. The van der Waals surface area contributed by atoms with E-state index in [2.05, 4.69) is 4.98 Å². The van der Waals surface area contributed by atoms with Gasteiger partial charge in [-0.15, -0.1) is 0 Å². The third kappa shape index (κ3) is 4.26. The molecule has 0 spiro atoms. The van der Waals surface area contributed by atoms with Gasteiger partial charge in [-0.1, -0.05) is 18.2 Å². The van der Waals surface area contributed by atoms with Gasteiger partial charge in [0.05, 0.1) is 29.4 Å². The standard InChI is InChI=1S/C16H22N2O4S/c1-13(18(8-10-19)9-11-20)12-23(21,22)15-6-2-4-14-5-3-7-17-16(14)15/h2-7,13,19-20H,8-12H2,1H3/t13-/m0/s1. The first-order chi connectivity index (χ1) is 11.0. The van der Waals surface area contributed by atoms with Gasteiger partial charge in [0.1, 0.15) is 0 Å². The monoisotopic (exact) mass is 338 g/mol. The number of hydrogen-bond acceptors (Lipinski definition) is 6. The van der Waals surface area contributed by atoms with Crippen molar-refractivity contribution in [3.63, 3.8) is 0 Å². The van der Waals surface area contributed by atoms with Crippen LogP contribution in [0.1, 0.15) is 6.92 Å². The van der Waals surface area contributed by atoms with Crippen molar-refractivity contribution in [2.75, 3.05) is 32.1 Å². The number of para-hydroxylation sites is 1. The van der Waals surface area contributed by atoms with Crippen LogP contribution in [0.4, 0.5) is 0 Å². The van der Waals surface area contributed by atoms with Crippen LogP contribution in [-0.4, -0.2) is 66.6 Å². The summed E-state index contributed by atoms with van der Waals surface area (Å²) in [6.45, 7) is 2.26. The highest BCUT2D eigenvalue weighted by atomic mass is 32.2. The van der Waals surface area contributed by atoms with Crippen molar-refractivity contribution in [2.24, 2.45) is 0 Å². The number of sulfone groups is 1. The summed E-state index contributed by atoms with van der Waals surface area (Å²) in [5, 5.41) is 19.0. The van der Waals surface area contributed by atoms with Crippen LogP contribution in [0, 0.1) is 0 Å². The number of aliphatic hydroxyl groups is 2. The topological polar surface area (TPSA) is 90.7 Å². The molecule has 2 N–H and O–H groups in total. The Kier molecular flexibility index (Phi) is 6.06. The maximum absolute atomic E-state index is 12.8. The van der Waals surface area contributed by atoms with E-state index in [0.717, 1.165) is 5.39 Å². The van der Waals surface area contributed by atoms with E-state index < -0.39 is 9.84 Å². The van der Waals surface area contributed by atoms with Crippen LogP contribution in [0.15, 0.2) is 41.4 Å². The summed E-state index contributed by atoms with van der Waals surface area (Å²) >= 11 is 0. The van der Waals surface area contributed by atoms with Crippen LogP contribution in [0.2, 0.25) is 0 Å². The number of rotatable bonds is 8. The zero-order valence-corrected chi connectivity index (χ0v) is 13.9. The van der Waals surface area contributed by atoms with Crippen molar-refractivity contribution in [1.29, 1.82) is 0 Å². The summed E-state index contributed by atoms with van der Waals surface area (Å²) in [5.74, 6) is -0.0946. The zero-order chi connectivity index (χ0) is 16.9. The van der Waals surface area contributed by atoms with Crippen molar-refractivity contribution >= 4 is 20.7 Å². The van der Waals surface area contributed by atoms with Crippen LogP contribution in [0.25, 0.3) is 10.9 Å². The van der Waals surface area contributed by atoms with E-state index in [4.69, 9.17) is 10.2 Å². The predicted molar refractivity (Wildman–Crippen MR) is 89.0 cm³/mol. The molecule has 7 heteroatoms. The van der Waals surface area contributed by atoms with Gasteiger partial charge >= 0.3 is 0 Å². The van der Waals surface area contributed by atoms with Crippen molar-refractivity contribution in [3.05, 3.63) is 36.5 Å². The lowest BCUT2D eigenvalue weighted by Gasteiger charge is -2.27. The summed E-state index contributed by atoms with van der Waals surface area (Å²) in [5.41, 5.74) is 0.470. The molecular formula is C16H22N2O4S. The number of aliphatic hydroxyl groups excluding tert-OH is 2. The first-order valence-corrected chi connectivity index (χ1v) is 9.17. The van der Waals surface area contributed by atoms with Gasteiger partial charge in [0.2, 0.25) is 0 Å². The van der Waals surface area contributed by atoms with Gasteiger partial charge < -0.3 is 10.2 Å². The minimum absolute atomic E-state index is 0.0831. The second-order valence-corrected chi connectivity index (χ2v) is 7.45. The highest BCUT2D eigenvalue weighted by Gasteiger charge is 2.24. The number of hydrogen-bond donors (Lipinski definition) is 2. The predicted octanol–water partition coefficient (Wildman–Crippen LogP) is 0.684. The largest absolute Gasteiger partial charge is 0.395 e. The molecule has 6 nitrogen and oxygen atoms in total. The molecule has 1 aromatic carbocycles. The molecule has 1 atom stereocenters. The molecule has 126 valence electrons. The summed E-state index contributed by atoms with van der Waals surface area (Å²) < 4.78 is 25.6. The van der Waals surface area contributed by atoms with Gasteiger partial charge in [-0.3, -0.25) is 9.88 Å². The molecule has 2 rings (SSSR count). The Labute approximate surface area is 136 Å². The van der Waals surface area contributed by atoms with Crippen molar-refractivity contribution in [3.8, 4) is 0 Å². The molecule has 2 aromatic rings. The summed E-state index contributed by atoms with van der Waals surface area (Å²) in [4.78, 5) is 6.18. The van der Waals surface area contributed by atoms with Gasteiger partial charge in [0.15, 0.2) is 9.84 Å². The highest BCUT2D eigenvalue weighted by Crippen LogP contribution is 2.22. The van der Waals surface area contributed by atoms with Crippen molar-refractivity contribution in [2.45, 2.75) is 17.9 Å². The fourth-order valence-corrected chi connectivity index (χ4v) is 4.43. The summed E-state index contributed by atoms with van der Waals surface area (Å²) in [7, 11) is -3.54. The summed E-state index contributed by atoms with van der Waals surface area (Å²) in [6.07, 6.45) is 1.58. The van der Waals surface area contributed by atoms with Gasteiger partial charge in [-0.25, -0.2) is 8.42 Å². The average molecular weight is 338 g/mol. The molecule has 0 fully saturated rings. The molecular weight excluding hydrogens is 316 g/mol. The molecule has 0 aliphatic carbocycles. The minimum atomic E-state index is -3.54. The third-order valence-electron chi connectivity index (χ3n) is 3.79. The number of aromatic nitrogens is 1. The fraction of sp³-hybridized carbons (Fsp3) is 0.438. The Bertz CT molecular complexity index is 737. The maximum atomic E-state index is 12.8. The van der Waals surface area contributed by atoms with E-state index in [0.29, 0.717) is 18.6 Å². The number of pyridine rings is 1. The van der Waals surface area contributed by atoms with Crippen LogP contribution in [-0.2, 0) is 9.84 Å². The molecule has 0 bridgehead atoms. The Morgan fingerprint density at radius 1 is 1.13 bits per heavy atom. The smallest absolute Gasteiger partial charge is 0.182 e. The molecule has 0 amide bonds. The number of nitrogens with zero attached hydrogens (tertiary/aromatic N) is 2. The van der Waals surface area contributed by atoms with E-state index in [1.807, 2.05) is 12.1 Å². The molecule has 0 radical (unpaired) electrons. The molecule has 0 unspecified atom stereocenters. The van der Waals surface area contributed by atoms with E-state index in [1.165, 1.54) is 0 Å². The molecule has 0 saturated heterocycles. The van der Waals surface area contributed by atoms with E-state index in [-0.39, 0.29) is 29.9 Å². The second-order valence-electron chi connectivity index (χ2n) is 5.44. The van der Waals surface area contributed by atoms with Gasteiger partial charge in [0.25, 0.3) is 0 Å². The van der Waals surface area contributed by atoms with Crippen LogP contribution < -0.4 is 0 Å². The molecule has 1 aromatic heterocycles. The second kappa shape index (κ2) is 7.83. The van der Waals surface area contributed by atoms with Gasteiger partial charge in [-0.2, -0.15) is 0 Å². The SMILES string of the molecule is C[C@@H](CS(=O)(=O)c1cccc2cccnc12)N(CCO)CCO. The van der Waals surface area contributed by atoms with Crippen molar-refractivity contribution < 1.29 is 18.6 Å². The Balaban J connectivity index is 2.30. The van der Waals surface area contributed by atoms with Gasteiger partial charge in [-0.05, 0) is 19.1 Å². The summed E-state index contributed by atoms with van der Waals surface area (Å²) in [6, 6.07) is 8.38. The highest BCUT2D eigenvalue weighted by molar-refractivity contribution is 7.91. The van der Waals surface area contributed by atoms with Crippen molar-refractivity contribution in [1.82, 2.24) is 9.88 Å². The van der Waals surface area contributed by atoms with Crippen LogP contribution in [0.5, 0.6) is 0 Å². The first-order valence-electron chi connectivity index (χ1n) is 7.52. The fourth-order valence-electron chi connectivity index (χ4n) is 2.65. The lowest BCUT2D eigenvalue weighted by Crippen LogP contribution is -2.41. The molecule has 1 heterocycles. The zero-order valence-electron chi connectivity index (χ0n) is 13.1. The lowest BCUT2D eigenvalue weighted by molar-refractivity contribution is 0.136. The van der Waals surface area contributed by atoms with Crippen LogP contribution in [0.3, 0.4) is 0 Å². The van der Waals surface area contributed by atoms with E-state index in [9.17, 15) is 8.42 Å². The normalized spacial score (nSPS) is 13.6. The molecule has 0 aliphatic rings. The first kappa shape index (κ1) is 17.8. The average Bonchev–Trinajstić information content (AvgIpc) is 2.53. The maximum Gasteiger partial charge on any atom is 0.182 e. The minimum Gasteiger partial charge on any atom is -0.395 e. The lowest BCUT2D eigenvalue weighted by atomic mass is 10.2. The Morgan fingerprint density at radius 3 is 2.43 bits per heavy atom. The van der Waals surface area contributed by atoms with Crippen LogP contribution >= 0.6 is 0 Å². The quantitative estimate of drug-likeness (QED) is 0.736. The Hall–Kier alpha value is -1.54. The molecule has 23 heavy (non-hydrogen) atoms. The molecule has 0 aliphatic heterocycles. The molecule has 0 saturated carbocycles.